The van der Waals surface area contributed by atoms with Crippen molar-refractivity contribution in [3.8, 4) is 0 Å². The second kappa shape index (κ2) is 6.63. The van der Waals surface area contributed by atoms with E-state index in [-0.39, 0.29) is 18.6 Å². The van der Waals surface area contributed by atoms with Crippen LogP contribution >= 0.6 is 0 Å². The Labute approximate surface area is 163 Å². The number of aromatic nitrogens is 4. The Kier molecular flexibility index (Phi) is 4.08. The molecule has 0 bridgehead atoms. The zero-order valence-electron chi connectivity index (χ0n) is 16.0. The highest BCUT2D eigenvalue weighted by atomic mass is 16.5. The zero-order valence-corrected chi connectivity index (χ0v) is 16.0. The fourth-order valence-electron chi connectivity index (χ4n) is 3.84. The number of allylic oxidation sites excluding steroid dienone is 1. The van der Waals surface area contributed by atoms with Crippen LogP contribution in [-0.2, 0) is 16.0 Å². The topological polar surface area (TPSA) is 85.5 Å². The van der Waals surface area contributed by atoms with Crippen LogP contribution < -0.4 is 0 Å². The van der Waals surface area contributed by atoms with Crippen molar-refractivity contribution in [1.82, 2.24) is 24.6 Å². The molecule has 0 saturated heterocycles. The molecule has 0 N–H and O–H groups in total. The molecule has 0 unspecified atom stereocenters. The van der Waals surface area contributed by atoms with Crippen molar-refractivity contribution in [2.24, 2.45) is 4.99 Å². The van der Waals surface area contributed by atoms with Gasteiger partial charge in [0.05, 0.1) is 5.70 Å². The van der Waals surface area contributed by atoms with E-state index in [0.717, 1.165) is 17.7 Å². The Morgan fingerprint density at radius 1 is 1.29 bits per heavy atom. The smallest absolute Gasteiger partial charge is 0.248 e. The predicted octanol–water partition coefficient (Wildman–Crippen LogP) is 1.94. The maximum absolute atomic E-state index is 12.7. The average molecular weight is 378 g/mol. The fourth-order valence-corrected chi connectivity index (χ4v) is 3.84. The van der Waals surface area contributed by atoms with Gasteiger partial charge < -0.3 is 9.64 Å². The van der Waals surface area contributed by atoms with Crippen LogP contribution in [0.15, 0.2) is 29.7 Å². The summed E-state index contributed by atoms with van der Waals surface area (Å²) in [5.74, 6) is 1.76. The molecule has 0 aromatic carbocycles. The number of nitrogens with zero attached hydrogens (tertiary/aromatic N) is 6. The number of amides is 1. The predicted molar refractivity (Wildman–Crippen MR) is 103 cm³/mol. The van der Waals surface area contributed by atoms with Gasteiger partial charge in [0.15, 0.2) is 11.7 Å². The number of aliphatic imine (C=N–C) groups is 1. The second-order valence-corrected chi connectivity index (χ2v) is 7.42. The Hall–Kier alpha value is -2.87. The van der Waals surface area contributed by atoms with Crippen molar-refractivity contribution in [3.63, 3.8) is 0 Å². The number of hydrogen-bond donors (Lipinski definition) is 0. The van der Waals surface area contributed by atoms with Crippen molar-refractivity contribution in [1.29, 1.82) is 0 Å². The number of methoxy groups -OCH3 is 1. The van der Waals surface area contributed by atoms with Gasteiger partial charge in [-0.25, -0.2) is 9.67 Å². The highest BCUT2D eigenvalue weighted by Gasteiger charge is 2.34. The number of pyridine rings is 1. The summed E-state index contributed by atoms with van der Waals surface area (Å²) in [5.41, 5.74) is 4.43. The van der Waals surface area contributed by atoms with Crippen LogP contribution in [0.1, 0.15) is 54.4 Å². The number of carbonyl (C=O) groups is 1. The van der Waals surface area contributed by atoms with Gasteiger partial charge in [0, 0.05) is 43.1 Å². The summed E-state index contributed by atoms with van der Waals surface area (Å²) in [6, 6.07) is 2.01. The number of hydrogen-bond acceptors (Lipinski definition) is 6. The van der Waals surface area contributed by atoms with Crippen molar-refractivity contribution >= 4 is 17.4 Å². The first-order valence-electron chi connectivity index (χ1n) is 9.65. The highest BCUT2D eigenvalue weighted by molar-refractivity contribution is 6.06. The minimum Gasteiger partial charge on any atom is -0.374 e. The Morgan fingerprint density at radius 2 is 2.14 bits per heavy atom. The minimum absolute atomic E-state index is 0.00211. The molecule has 2 aromatic rings. The first kappa shape index (κ1) is 17.2. The summed E-state index contributed by atoms with van der Waals surface area (Å²) in [7, 11) is 1.62. The van der Waals surface area contributed by atoms with Crippen LogP contribution in [0.5, 0.6) is 0 Å². The summed E-state index contributed by atoms with van der Waals surface area (Å²) < 4.78 is 6.91. The standard InChI is InChI=1S/C20H22N6O2/c1-12(28-2)20-23-11-26(24-20)17-9-16-14-5-7-21-19(13-3-4-13)15(14)6-8-25(16)18(27)10-22-17/h5,7,9,11-13H,3-4,6,8,10H2,1-2H3/t12-/m1/s1. The molecule has 1 aliphatic carbocycles. The third-order valence-corrected chi connectivity index (χ3v) is 5.61. The van der Waals surface area contributed by atoms with E-state index in [9.17, 15) is 4.79 Å². The van der Waals surface area contributed by atoms with Gasteiger partial charge in [-0.1, -0.05) is 0 Å². The molecule has 8 nitrogen and oxygen atoms in total. The first-order chi connectivity index (χ1) is 13.7. The third-order valence-electron chi connectivity index (χ3n) is 5.61. The second-order valence-electron chi connectivity index (χ2n) is 7.42. The SMILES string of the molecule is CO[C@H](C)c1ncn(C2=NCC(=O)N3CCc4c(ccnc4C4CC4)C3=C2)n1. The summed E-state index contributed by atoms with van der Waals surface area (Å²) in [5, 5.41) is 4.48. The molecule has 144 valence electrons. The summed E-state index contributed by atoms with van der Waals surface area (Å²) >= 11 is 0. The normalized spacial score (nSPS) is 20.1. The molecule has 5 rings (SSSR count). The largest absolute Gasteiger partial charge is 0.374 e. The molecule has 1 saturated carbocycles. The van der Waals surface area contributed by atoms with Gasteiger partial charge in [0.2, 0.25) is 5.91 Å². The lowest BCUT2D eigenvalue weighted by Crippen LogP contribution is -2.36. The van der Waals surface area contributed by atoms with Gasteiger partial charge in [0.25, 0.3) is 0 Å². The highest BCUT2D eigenvalue weighted by Crippen LogP contribution is 2.43. The molecular weight excluding hydrogens is 356 g/mol. The summed E-state index contributed by atoms with van der Waals surface area (Å²) in [6.07, 6.45) is 8.46. The lowest BCUT2D eigenvalue weighted by Gasteiger charge is -2.31. The molecule has 1 fully saturated rings. The van der Waals surface area contributed by atoms with E-state index < -0.39 is 0 Å². The lowest BCUT2D eigenvalue weighted by atomic mass is 9.93. The van der Waals surface area contributed by atoms with Crippen molar-refractivity contribution in [2.75, 3.05) is 20.2 Å². The zero-order chi connectivity index (χ0) is 19.3. The lowest BCUT2D eigenvalue weighted by molar-refractivity contribution is -0.126. The van der Waals surface area contributed by atoms with Crippen LogP contribution in [0.4, 0.5) is 0 Å². The average Bonchev–Trinajstić information content (AvgIpc) is 3.48. The van der Waals surface area contributed by atoms with Crippen LogP contribution in [0.25, 0.3) is 5.70 Å². The monoisotopic (exact) mass is 378 g/mol. The van der Waals surface area contributed by atoms with Gasteiger partial charge in [-0.3, -0.25) is 14.8 Å². The Balaban J connectivity index is 1.58. The van der Waals surface area contributed by atoms with Crippen LogP contribution in [0, 0.1) is 0 Å². The first-order valence-corrected chi connectivity index (χ1v) is 9.65. The summed E-state index contributed by atoms with van der Waals surface area (Å²) in [4.78, 5) is 28.0. The van der Waals surface area contributed by atoms with E-state index in [1.165, 1.54) is 24.1 Å². The van der Waals surface area contributed by atoms with Crippen LogP contribution in [0.2, 0.25) is 0 Å². The number of carbonyl (C=O) groups excluding carboxylic acids is 1. The molecule has 4 heterocycles. The van der Waals surface area contributed by atoms with Crippen molar-refractivity contribution in [2.45, 2.75) is 38.2 Å². The minimum atomic E-state index is -0.207. The van der Waals surface area contributed by atoms with E-state index in [0.29, 0.717) is 24.1 Å². The molecule has 3 aliphatic rings. The van der Waals surface area contributed by atoms with Gasteiger partial charge in [0.1, 0.15) is 19.0 Å². The van der Waals surface area contributed by atoms with E-state index in [2.05, 4.69) is 20.1 Å². The van der Waals surface area contributed by atoms with Gasteiger partial charge >= 0.3 is 0 Å². The van der Waals surface area contributed by atoms with Crippen molar-refractivity contribution < 1.29 is 9.53 Å². The molecule has 1 amide bonds. The molecule has 0 radical (unpaired) electrons. The Morgan fingerprint density at radius 3 is 2.93 bits per heavy atom. The van der Waals surface area contributed by atoms with E-state index in [1.54, 1.807) is 18.1 Å². The number of ether oxygens (including phenoxy) is 1. The van der Waals surface area contributed by atoms with E-state index in [1.807, 2.05) is 30.2 Å². The quantitative estimate of drug-likeness (QED) is 0.815. The maximum atomic E-state index is 12.7. The van der Waals surface area contributed by atoms with Gasteiger partial charge in [-0.05, 0) is 37.8 Å². The Bertz CT molecular complexity index is 1000. The molecular formula is C20H22N6O2. The van der Waals surface area contributed by atoms with Gasteiger partial charge in [-0.15, -0.1) is 5.10 Å². The summed E-state index contributed by atoms with van der Waals surface area (Å²) in [6.45, 7) is 2.65. The maximum Gasteiger partial charge on any atom is 0.248 e. The number of rotatable bonds is 3. The van der Waals surface area contributed by atoms with Crippen LogP contribution in [0.3, 0.4) is 0 Å². The molecule has 1 atom stereocenters. The van der Waals surface area contributed by atoms with E-state index in [4.69, 9.17) is 4.74 Å². The molecule has 0 spiro atoms. The number of fused-ring (bicyclic) bond motifs is 3. The van der Waals surface area contributed by atoms with Gasteiger partial charge in [-0.2, -0.15) is 0 Å². The molecule has 8 heteroatoms. The van der Waals surface area contributed by atoms with Crippen molar-refractivity contribution in [3.05, 3.63) is 47.3 Å². The van der Waals surface area contributed by atoms with Crippen LogP contribution in [-0.4, -0.2) is 56.6 Å². The third kappa shape index (κ3) is 2.84. The van der Waals surface area contributed by atoms with E-state index >= 15 is 0 Å². The molecule has 2 aliphatic heterocycles. The molecule has 28 heavy (non-hydrogen) atoms. The molecule has 2 aromatic heterocycles. The fraction of sp³-hybridized carbons (Fsp3) is 0.450.